The topological polar surface area (TPSA) is 143 Å². The normalized spacial score (nSPS) is 13.1. The Kier molecular flexibility index (Phi) is 7.64. The van der Waals surface area contributed by atoms with Crippen LogP contribution in [0.5, 0.6) is 28.9 Å². The van der Waals surface area contributed by atoms with Crippen molar-refractivity contribution in [1.29, 1.82) is 0 Å². The van der Waals surface area contributed by atoms with Gasteiger partial charge >= 0.3 is 0 Å². The molecule has 0 fully saturated rings. The summed E-state index contributed by atoms with van der Waals surface area (Å²) < 4.78 is 51.6. The van der Waals surface area contributed by atoms with Crippen LogP contribution in [0.25, 0.3) is 11.1 Å². The van der Waals surface area contributed by atoms with Crippen LogP contribution in [-0.2, 0) is 6.54 Å². The van der Waals surface area contributed by atoms with Crippen molar-refractivity contribution >= 4 is 23.1 Å². The van der Waals surface area contributed by atoms with Gasteiger partial charge in [-0.3, -0.25) is 4.79 Å². The number of hydrazone groups is 1. The summed E-state index contributed by atoms with van der Waals surface area (Å²) in [5.74, 6) is 5.33. The van der Waals surface area contributed by atoms with Crippen molar-refractivity contribution in [1.82, 2.24) is 10.3 Å². The second-order valence-corrected chi connectivity index (χ2v) is 9.40. The number of aromatic nitrogens is 1. The second-order valence-electron chi connectivity index (χ2n) is 8.55. The summed E-state index contributed by atoms with van der Waals surface area (Å²) >= 11 is 1.08. The molecule has 1 aliphatic heterocycles. The summed E-state index contributed by atoms with van der Waals surface area (Å²) in [5.41, 5.74) is 7.77. The average Bonchev–Trinajstić information content (AvgIpc) is 3.61. The van der Waals surface area contributed by atoms with Gasteiger partial charge < -0.3 is 35.8 Å². The number of amides is 1. The Hall–Kier alpha value is -4.91. The number of rotatable bonds is 9. The van der Waals surface area contributed by atoms with Crippen molar-refractivity contribution in [3.63, 3.8) is 0 Å². The lowest BCUT2D eigenvalue weighted by Crippen LogP contribution is -2.32. The molecule has 0 saturated heterocycles. The Morgan fingerprint density at radius 3 is 2.67 bits per heavy atom. The number of hydrogen-bond donors (Lipinski definition) is 3. The van der Waals surface area contributed by atoms with E-state index in [4.69, 9.17) is 30.5 Å². The lowest BCUT2D eigenvalue weighted by molar-refractivity contribution is 0.0952. The maximum Gasteiger partial charge on any atom is 0.267 e. The Labute approximate surface area is 231 Å². The molecule has 206 valence electrons. The van der Waals surface area contributed by atoms with Crippen molar-refractivity contribution in [2.24, 2.45) is 16.7 Å². The number of nitrogens with one attached hydrogen (secondary N) is 1. The van der Waals surface area contributed by atoms with Gasteiger partial charge in [0.2, 0.25) is 12.7 Å². The molecule has 1 atom stereocenters. The number of thiazole rings is 1. The van der Waals surface area contributed by atoms with Crippen LogP contribution in [0.1, 0.15) is 22.2 Å². The van der Waals surface area contributed by atoms with Crippen LogP contribution >= 0.6 is 11.3 Å². The van der Waals surface area contributed by atoms with Gasteiger partial charge in [-0.2, -0.15) is 5.10 Å². The molecule has 2 heterocycles. The molecule has 0 radical (unpaired) electrons. The van der Waals surface area contributed by atoms with Crippen molar-refractivity contribution in [3.05, 3.63) is 82.2 Å². The quantitative estimate of drug-likeness (QED) is 0.116. The first kappa shape index (κ1) is 26.7. The van der Waals surface area contributed by atoms with Crippen molar-refractivity contribution in [2.45, 2.75) is 19.6 Å². The van der Waals surface area contributed by atoms with E-state index in [-0.39, 0.29) is 46.8 Å². The van der Waals surface area contributed by atoms with Gasteiger partial charge in [-0.15, -0.1) is 11.3 Å². The fourth-order valence-electron chi connectivity index (χ4n) is 3.80. The summed E-state index contributed by atoms with van der Waals surface area (Å²) in [6.45, 7) is 1.63. The number of halogens is 2. The van der Waals surface area contributed by atoms with Gasteiger partial charge in [0, 0.05) is 29.8 Å². The van der Waals surface area contributed by atoms with Crippen LogP contribution in [0.3, 0.4) is 0 Å². The fraction of sp³-hybridized carbons (Fsp3) is 0.148. The number of benzene rings is 3. The average molecular weight is 568 g/mol. The molecular formula is C27H23F2N5O5S. The molecule has 4 aromatic rings. The number of carbonyl (C=O) groups is 1. The minimum absolute atomic E-state index is 0.0537. The third kappa shape index (κ3) is 5.73. The summed E-state index contributed by atoms with van der Waals surface area (Å²) in [5, 5.41) is 6.02. The Balaban J connectivity index is 1.23. The van der Waals surface area contributed by atoms with Crippen molar-refractivity contribution < 1.29 is 32.5 Å². The zero-order chi connectivity index (χ0) is 28.2. The zero-order valence-electron chi connectivity index (χ0n) is 21.0. The van der Waals surface area contributed by atoms with Crippen molar-refractivity contribution in [2.75, 3.05) is 6.79 Å². The van der Waals surface area contributed by atoms with E-state index in [1.807, 2.05) is 0 Å². The third-order valence-electron chi connectivity index (χ3n) is 5.92. The zero-order valence-corrected chi connectivity index (χ0v) is 21.8. The van der Waals surface area contributed by atoms with Gasteiger partial charge in [-0.25, -0.2) is 13.8 Å². The van der Waals surface area contributed by atoms with Crippen LogP contribution in [-0.4, -0.2) is 29.6 Å². The van der Waals surface area contributed by atoms with E-state index < -0.39 is 23.6 Å². The van der Waals surface area contributed by atoms with E-state index in [0.717, 1.165) is 11.3 Å². The van der Waals surface area contributed by atoms with Crippen LogP contribution in [0.2, 0.25) is 0 Å². The molecular weight excluding hydrogens is 544 g/mol. The van der Waals surface area contributed by atoms with Gasteiger partial charge in [0.1, 0.15) is 23.1 Å². The molecule has 0 saturated carbocycles. The molecule has 3 aromatic carbocycles. The highest BCUT2D eigenvalue weighted by molar-refractivity contribution is 7.12. The molecule has 5 rings (SSSR count). The van der Waals surface area contributed by atoms with Gasteiger partial charge in [0.05, 0.1) is 5.51 Å². The highest BCUT2D eigenvalue weighted by atomic mass is 32.1. The second kappa shape index (κ2) is 11.5. The predicted octanol–water partition coefficient (Wildman–Crippen LogP) is 4.54. The van der Waals surface area contributed by atoms with E-state index in [1.165, 1.54) is 35.8 Å². The molecule has 0 aliphatic carbocycles. The number of carbonyl (C=O) groups excluding carboxylic acids is 1. The van der Waals surface area contributed by atoms with Gasteiger partial charge in [0.15, 0.2) is 28.3 Å². The number of amidine groups is 1. The van der Waals surface area contributed by atoms with E-state index in [2.05, 4.69) is 15.4 Å². The number of nitrogens with zero attached hydrogens (tertiary/aromatic N) is 2. The molecule has 1 aromatic heterocycles. The monoisotopic (exact) mass is 567 g/mol. The van der Waals surface area contributed by atoms with Crippen LogP contribution < -0.4 is 35.8 Å². The molecule has 0 spiro atoms. The Morgan fingerprint density at radius 2 is 1.90 bits per heavy atom. The molecule has 1 unspecified atom stereocenters. The third-order valence-corrected chi connectivity index (χ3v) is 6.73. The largest absolute Gasteiger partial charge is 0.483 e. The predicted molar refractivity (Wildman–Crippen MR) is 144 cm³/mol. The Morgan fingerprint density at radius 1 is 1.10 bits per heavy atom. The van der Waals surface area contributed by atoms with Gasteiger partial charge in [-0.05, 0) is 42.8 Å². The molecule has 10 nitrogen and oxygen atoms in total. The summed E-state index contributed by atoms with van der Waals surface area (Å²) in [6, 6.07) is 13.4. The SMILES string of the molecule is CC(Oc1ccc(-c2ccc(CNC(=O)c3scnc3Oc3ccc4c(c3)OCO4)c(F)c2)c(F)c1)/C(N)=N/N. The first-order valence-electron chi connectivity index (χ1n) is 11.9. The number of nitrogens with two attached hydrogens (primary N) is 2. The number of hydrogen-bond acceptors (Lipinski definition) is 9. The number of ether oxygens (including phenoxy) is 4. The molecule has 5 N–H and O–H groups in total. The van der Waals surface area contributed by atoms with Crippen molar-refractivity contribution in [3.8, 4) is 40.0 Å². The number of fused-ring (bicyclic) bond motifs is 1. The summed E-state index contributed by atoms with van der Waals surface area (Å²) in [6.07, 6.45) is -0.654. The van der Waals surface area contributed by atoms with Crippen LogP contribution in [0.15, 0.2) is 65.2 Å². The van der Waals surface area contributed by atoms with Gasteiger partial charge in [0.25, 0.3) is 5.91 Å². The molecule has 1 amide bonds. The first-order chi connectivity index (χ1) is 19.3. The molecule has 1 aliphatic rings. The summed E-state index contributed by atoms with van der Waals surface area (Å²) in [7, 11) is 0. The molecule has 0 bridgehead atoms. The minimum atomic E-state index is -0.654. The minimum Gasteiger partial charge on any atom is -0.483 e. The highest BCUT2D eigenvalue weighted by Crippen LogP contribution is 2.37. The standard InChI is InChI=1S/C27H23F2N5O5S/c1-14(25(30)34-31)38-17-4-6-19(21(29)9-17)15-2-3-16(20(28)8-15)11-32-26(35)24-27(33-12-40-24)39-18-5-7-22-23(10-18)37-13-36-22/h2-10,12,14H,11,13,31H2,1H3,(H2,30,34)(H,32,35). The van der Waals surface area contributed by atoms with Crippen LogP contribution in [0.4, 0.5) is 8.78 Å². The highest BCUT2D eigenvalue weighted by Gasteiger charge is 2.20. The molecule has 40 heavy (non-hydrogen) atoms. The van der Waals surface area contributed by atoms with Gasteiger partial charge in [-0.1, -0.05) is 12.1 Å². The van der Waals surface area contributed by atoms with E-state index >= 15 is 0 Å². The van der Waals surface area contributed by atoms with Crippen LogP contribution in [0, 0.1) is 11.6 Å². The Bertz CT molecular complexity index is 1600. The summed E-state index contributed by atoms with van der Waals surface area (Å²) in [4.78, 5) is 17.1. The molecule has 13 heteroatoms. The van der Waals surface area contributed by atoms with E-state index in [1.54, 1.807) is 31.2 Å². The lowest BCUT2D eigenvalue weighted by Gasteiger charge is -2.14. The van der Waals surface area contributed by atoms with E-state index in [0.29, 0.717) is 22.8 Å². The maximum atomic E-state index is 14.9. The first-order valence-corrected chi connectivity index (χ1v) is 12.8. The van der Waals surface area contributed by atoms with E-state index in [9.17, 15) is 13.6 Å². The smallest absolute Gasteiger partial charge is 0.267 e. The fourth-order valence-corrected chi connectivity index (χ4v) is 4.43. The maximum absolute atomic E-state index is 14.9. The lowest BCUT2D eigenvalue weighted by atomic mass is 10.0.